The third-order valence-corrected chi connectivity index (χ3v) is 6.18. The molecule has 1 atom stereocenters. The Bertz CT molecular complexity index is 945. The third-order valence-electron chi connectivity index (χ3n) is 5.63. The molecule has 27 heavy (non-hydrogen) atoms. The third kappa shape index (κ3) is 3.24. The molecule has 0 aromatic carbocycles. The first kappa shape index (κ1) is 17.2. The summed E-state index contributed by atoms with van der Waals surface area (Å²) in [5, 5.41) is 4.28. The van der Waals surface area contributed by atoms with Crippen molar-refractivity contribution in [3.8, 4) is 17.1 Å². The summed E-state index contributed by atoms with van der Waals surface area (Å²) in [6.07, 6.45) is 7.48. The maximum atomic E-state index is 11.1. The molecular formula is C18H21N3O5S. The number of hydrogen-bond acceptors (Lipinski definition) is 7. The molecule has 4 fully saturated rings. The average molecular weight is 391 g/mol. The minimum atomic E-state index is -3.36. The van der Waals surface area contributed by atoms with Crippen molar-refractivity contribution in [3.63, 3.8) is 0 Å². The van der Waals surface area contributed by atoms with Crippen molar-refractivity contribution in [1.82, 2.24) is 14.8 Å². The maximum Gasteiger partial charge on any atom is 0.264 e. The van der Waals surface area contributed by atoms with Crippen LogP contribution < -0.4 is 4.74 Å². The minimum absolute atomic E-state index is 0.0241. The van der Waals surface area contributed by atoms with Crippen molar-refractivity contribution in [2.75, 3.05) is 26.1 Å². The van der Waals surface area contributed by atoms with E-state index in [0.717, 1.165) is 42.7 Å². The Labute approximate surface area is 157 Å². The molecule has 2 aromatic heterocycles. The number of hydrogen-bond donors (Lipinski definition) is 0. The molecule has 3 heterocycles. The van der Waals surface area contributed by atoms with Crippen molar-refractivity contribution < 1.29 is 22.1 Å². The van der Waals surface area contributed by atoms with Gasteiger partial charge in [0.05, 0.1) is 43.7 Å². The predicted molar refractivity (Wildman–Crippen MR) is 95.5 cm³/mol. The van der Waals surface area contributed by atoms with Crippen LogP contribution in [0.1, 0.15) is 25.5 Å². The summed E-state index contributed by atoms with van der Waals surface area (Å²) < 4.78 is 40.3. The lowest BCUT2D eigenvalue weighted by Crippen LogP contribution is -2.66. The van der Waals surface area contributed by atoms with Crippen molar-refractivity contribution in [2.24, 2.45) is 10.8 Å². The Balaban J connectivity index is 1.15. The van der Waals surface area contributed by atoms with E-state index < -0.39 is 10.1 Å². The zero-order valence-corrected chi connectivity index (χ0v) is 15.8. The quantitative estimate of drug-likeness (QED) is 0.502. The molecule has 1 saturated heterocycles. The monoisotopic (exact) mass is 391 g/mol. The maximum absolute atomic E-state index is 11.1. The van der Waals surface area contributed by atoms with Crippen LogP contribution in [-0.4, -0.2) is 49.3 Å². The molecule has 1 unspecified atom stereocenters. The molecule has 2 bridgehead atoms. The lowest BCUT2D eigenvalue weighted by molar-refractivity contribution is -0.231. The van der Waals surface area contributed by atoms with E-state index in [1.54, 1.807) is 12.4 Å². The van der Waals surface area contributed by atoms with E-state index in [9.17, 15) is 8.42 Å². The number of nitrogens with zero attached hydrogens (tertiary/aromatic N) is 3. The summed E-state index contributed by atoms with van der Waals surface area (Å²) in [4.78, 5) is 4.49. The molecule has 1 aliphatic heterocycles. The molecule has 144 valence electrons. The highest BCUT2D eigenvalue weighted by molar-refractivity contribution is 7.85. The van der Waals surface area contributed by atoms with Crippen LogP contribution in [0.2, 0.25) is 0 Å². The number of aromatic nitrogens is 3. The van der Waals surface area contributed by atoms with E-state index in [4.69, 9.17) is 13.7 Å². The lowest BCUT2D eigenvalue weighted by atomic mass is 9.36. The second kappa shape index (κ2) is 5.76. The van der Waals surface area contributed by atoms with Gasteiger partial charge >= 0.3 is 0 Å². The highest BCUT2D eigenvalue weighted by Gasteiger charge is 2.68. The molecule has 0 N–H and O–H groups in total. The highest BCUT2D eigenvalue weighted by Crippen LogP contribution is 2.73. The van der Waals surface area contributed by atoms with Crippen LogP contribution in [-0.2, 0) is 19.0 Å². The molecule has 8 nitrogen and oxygen atoms in total. The minimum Gasteiger partial charge on any atom is -0.491 e. The van der Waals surface area contributed by atoms with Gasteiger partial charge in [-0.15, -0.1) is 0 Å². The normalized spacial score (nSPS) is 31.1. The molecule has 3 saturated carbocycles. The van der Waals surface area contributed by atoms with Gasteiger partial charge in [-0.05, 0) is 42.9 Å². The van der Waals surface area contributed by atoms with E-state index in [1.165, 1.54) is 0 Å². The van der Waals surface area contributed by atoms with E-state index in [2.05, 4.69) is 10.1 Å². The van der Waals surface area contributed by atoms with Gasteiger partial charge < -0.3 is 9.47 Å². The topological polar surface area (TPSA) is 95.8 Å². The first-order valence-electron chi connectivity index (χ1n) is 8.94. The Morgan fingerprint density at radius 1 is 1.22 bits per heavy atom. The van der Waals surface area contributed by atoms with Crippen molar-refractivity contribution in [1.29, 1.82) is 0 Å². The van der Waals surface area contributed by atoms with E-state index in [0.29, 0.717) is 19.8 Å². The van der Waals surface area contributed by atoms with Crippen LogP contribution in [0.5, 0.6) is 5.75 Å². The van der Waals surface area contributed by atoms with E-state index in [-0.39, 0.29) is 17.1 Å². The summed E-state index contributed by atoms with van der Waals surface area (Å²) >= 11 is 0. The van der Waals surface area contributed by atoms with Crippen molar-refractivity contribution in [2.45, 2.75) is 25.5 Å². The van der Waals surface area contributed by atoms with Crippen LogP contribution in [0.15, 0.2) is 30.6 Å². The Morgan fingerprint density at radius 3 is 2.59 bits per heavy atom. The number of epoxide rings is 1. The smallest absolute Gasteiger partial charge is 0.264 e. The number of pyridine rings is 1. The molecule has 0 amide bonds. The van der Waals surface area contributed by atoms with Crippen LogP contribution in [0.25, 0.3) is 11.4 Å². The Morgan fingerprint density at radius 2 is 1.96 bits per heavy atom. The fourth-order valence-corrected chi connectivity index (χ4v) is 5.02. The van der Waals surface area contributed by atoms with Gasteiger partial charge in [0.1, 0.15) is 5.75 Å². The summed E-state index contributed by atoms with van der Waals surface area (Å²) in [5.74, 6) is 0.735. The van der Waals surface area contributed by atoms with Gasteiger partial charge in [0.25, 0.3) is 10.1 Å². The van der Waals surface area contributed by atoms with Crippen LogP contribution in [0.4, 0.5) is 0 Å². The van der Waals surface area contributed by atoms with Gasteiger partial charge in [-0.3, -0.25) is 9.17 Å². The lowest BCUT2D eigenvalue weighted by Gasteiger charge is -2.70. The van der Waals surface area contributed by atoms with Gasteiger partial charge in [0, 0.05) is 11.6 Å². The second-order valence-corrected chi connectivity index (χ2v) is 9.76. The van der Waals surface area contributed by atoms with Gasteiger partial charge in [-0.1, -0.05) is 0 Å². The van der Waals surface area contributed by atoms with E-state index in [1.807, 2.05) is 22.9 Å². The van der Waals surface area contributed by atoms with Gasteiger partial charge in [-0.2, -0.15) is 13.5 Å². The zero-order chi connectivity index (χ0) is 18.7. The molecule has 9 heteroatoms. The molecule has 6 rings (SSSR count). The first-order chi connectivity index (χ1) is 12.9. The molecule has 3 aliphatic carbocycles. The Hall–Kier alpha value is -1.97. The first-order valence-corrected chi connectivity index (χ1v) is 10.8. The number of rotatable bonds is 8. The van der Waals surface area contributed by atoms with Gasteiger partial charge in [-0.25, -0.2) is 4.68 Å². The predicted octanol–water partition coefficient (Wildman–Crippen LogP) is 2.00. The standard InChI is InChI=1S/C18H21N3O5S/c1-27(22,23)26-12-18-8-17(9-18,10-18)11-25-13-2-3-14(19-6-13)15-4-5-20-21(15)16-7-24-16/h2-6,16H,7-12H2,1H3. The number of ether oxygens (including phenoxy) is 2. The summed E-state index contributed by atoms with van der Waals surface area (Å²) in [6.45, 7) is 1.61. The van der Waals surface area contributed by atoms with Gasteiger partial charge in [0.15, 0.2) is 6.23 Å². The summed E-state index contributed by atoms with van der Waals surface area (Å²) in [5.41, 5.74) is 1.97. The molecule has 2 aromatic rings. The fraction of sp³-hybridized carbons (Fsp3) is 0.556. The van der Waals surface area contributed by atoms with Crippen molar-refractivity contribution in [3.05, 3.63) is 30.6 Å². The van der Waals surface area contributed by atoms with Crippen molar-refractivity contribution >= 4 is 10.1 Å². The van der Waals surface area contributed by atoms with Gasteiger partial charge in [0.2, 0.25) is 0 Å². The van der Waals surface area contributed by atoms with Crippen LogP contribution >= 0.6 is 0 Å². The molecule has 0 spiro atoms. The Kier molecular flexibility index (Phi) is 3.66. The zero-order valence-electron chi connectivity index (χ0n) is 15.0. The summed E-state index contributed by atoms with van der Waals surface area (Å²) in [6, 6.07) is 5.76. The highest BCUT2D eigenvalue weighted by atomic mass is 32.2. The SMILES string of the molecule is CS(=O)(=O)OCC12CC(COc3ccc(-c4ccnn4C4CO4)nc3)(C1)C2. The molecule has 4 aliphatic rings. The fourth-order valence-electron chi connectivity index (χ4n) is 4.55. The largest absolute Gasteiger partial charge is 0.491 e. The van der Waals surface area contributed by atoms with E-state index >= 15 is 0 Å². The summed E-state index contributed by atoms with van der Waals surface area (Å²) in [7, 11) is -3.36. The average Bonchev–Trinajstić information content (AvgIpc) is 3.29. The molecular weight excluding hydrogens is 370 g/mol. The molecule has 0 radical (unpaired) electrons. The van der Waals surface area contributed by atoms with Crippen LogP contribution in [0, 0.1) is 10.8 Å². The van der Waals surface area contributed by atoms with Crippen LogP contribution in [0.3, 0.4) is 0 Å². The second-order valence-electron chi connectivity index (χ2n) is 8.11.